The number of carbonyl (C=O) groups is 1. The molecule has 6 heteroatoms. The lowest BCUT2D eigenvalue weighted by Gasteiger charge is -2.15. The molecule has 0 radical (unpaired) electrons. The summed E-state index contributed by atoms with van der Waals surface area (Å²) < 4.78 is 0. The molecule has 0 unspecified atom stereocenters. The molecule has 3 rings (SSSR count). The number of aromatic nitrogens is 2. The van der Waals surface area contributed by atoms with Gasteiger partial charge in [-0.05, 0) is 45.1 Å². The average Bonchev–Trinajstić information content (AvgIpc) is 2.70. The number of thiophene rings is 1. The van der Waals surface area contributed by atoms with Crippen LogP contribution >= 0.6 is 11.3 Å². The second-order valence-corrected chi connectivity index (χ2v) is 6.81. The highest BCUT2D eigenvalue weighted by molar-refractivity contribution is 7.18. The highest BCUT2D eigenvalue weighted by atomic mass is 32.1. The molecule has 0 saturated heterocycles. The van der Waals surface area contributed by atoms with Gasteiger partial charge in [0.15, 0.2) is 0 Å². The molecule has 1 aliphatic carbocycles. The predicted molar refractivity (Wildman–Crippen MR) is 90.4 cm³/mol. The smallest absolute Gasteiger partial charge is 0.242 e. The van der Waals surface area contributed by atoms with Gasteiger partial charge in [0.05, 0.1) is 5.39 Å². The van der Waals surface area contributed by atoms with E-state index in [9.17, 15) is 4.79 Å². The molecule has 22 heavy (non-hydrogen) atoms. The van der Waals surface area contributed by atoms with Crippen molar-refractivity contribution >= 4 is 33.3 Å². The standard InChI is InChI=1S/C16H22N4OS/c1-3-17-15(21)10(2)20-14-13-11-7-5-4-6-8-12(11)22-16(13)19-9-18-14/h9-10H,3-8H2,1-2H3,(H,17,21)(H,18,19,20)/t10-/m0/s1. The molecule has 2 N–H and O–H groups in total. The van der Waals surface area contributed by atoms with Gasteiger partial charge in [-0.25, -0.2) is 9.97 Å². The first-order valence-corrected chi connectivity index (χ1v) is 8.81. The zero-order chi connectivity index (χ0) is 15.5. The van der Waals surface area contributed by atoms with Gasteiger partial charge in [0, 0.05) is 11.4 Å². The number of hydrogen-bond acceptors (Lipinski definition) is 5. The maximum Gasteiger partial charge on any atom is 0.242 e. The Balaban J connectivity index is 1.96. The zero-order valence-electron chi connectivity index (χ0n) is 13.1. The Kier molecular flexibility index (Phi) is 4.57. The van der Waals surface area contributed by atoms with Crippen LogP contribution in [0.25, 0.3) is 10.2 Å². The topological polar surface area (TPSA) is 66.9 Å². The molecule has 0 spiro atoms. The highest BCUT2D eigenvalue weighted by Gasteiger charge is 2.21. The van der Waals surface area contributed by atoms with Gasteiger partial charge in [-0.2, -0.15) is 0 Å². The van der Waals surface area contributed by atoms with Crippen molar-refractivity contribution in [1.82, 2.24) is 15.3 Å². The van der Waals surface area contributed by atoms with E-state index in [2.05, 4.69) is 20.6 Å². The predicted octanol–water partition coefficient (Wildman–Crippen LogP) is 2.90. The number of amides is 1. The van der Waals surface area contributed by atoms with Crippen LogP contribution in [0.4, 0.5) is 5.82 Å². The summed E-state index contributed by atoms with van der Waals surface area (Å²) in [5, 5.41) is 7.23. The second kappa shape index (κ2) is 6.60. The zero-order valence-corrected chi connectivity index (χ0v) is 13.9. The van der Waals surface area contributed by atoms with Crippen LogP contribution in [0.15, 0.2) is 6.33 Å². The molecule has 2 aromatic rings. The quantitative estimate of drug-likeness (QED) is 0.851. The Morgan fingerprint density at radius 2 is 2.14 bits per heavy atom. The average molecular weight is 318 g/mol. The number of fused-ring (bicyclic) bond motifs is 3. The molecule has 0 fully saturated rings. The van der Waals surface area contributed by atoms with E-state index in [1.165, 1.54) is 29.7 Å². The lowest BCUT2D eigenvalue weighted by atomic mass is 10.1. The first-order valence-electron chi connectivity index (χ1n) is 8.00. The van der Waals surface area contributed by atoms with Gasteiger partial charge in [-0.1, -0.05) is 6.42 Å². The summed E-state index contributed by atoms with van der Waals surface area (Å²) in [6.07, 6.45) is 7.58. The van der Waals surface area contributed by atoms with E-state index in [0.29, 0.717) is 6.54 Å². The fourth-order valence-electron chi connectivity index (χ4n) is 2.97. The third-order valence-corrected chi connectivity index (χ3v) is 5.30. The molecule has 0 aliphatic heterocycles. The first-order chi connectivity index (χ1) is 10.7. The highest BCUT2D eigenvalue weighted by Crippen LogP contribution is 2.37. The number of anilines is 1. The number of carbonyl (C=O) groups excluding carboxylic acids is 1. The summed E-state index contributed by atoms with van der Waals surface area (Å²) in [7, 11) is 0. The Morgan fingerprint density at radius 3 is 2.95 bits per heavy atom. The minimum atomic E-state index is -0.306. The molecule has 1 atom stereocenters. The number of aryl methyl sites for hydroxylation is 2. The number of likely N-dealkylation sites (N-methyl/N-ethyl adjacent to an activating group) is 1. The van der Waals surface area contributed by atoms with E-state index < -0.39 is 0 Å². The van der Waals surface area contributed by atoms with E-state index in [1.54, 1.807) is 17.7 Å². The Morgan fingerprint density at radius 1 is 1.32 bits per heavy atom. The molecule has 0 saturated carbocycles. The SMILES string of the molecule is CCNC(=O)[C@H](C)Nc1ncnc2sc3c(c12)CCCCC3. The lowest BCUT2D eigenvalue weighted by Crippen LogP contribution is -2.37. The molecule has 1 aliphatic rings. The minimum Gasteiger partial charge on any atom is -0.358 e. The van der Waals surface area contributed by atoms with Gasteiger partial charge in [-0.15, -0.1) is 11.3 Å². The molecule has 118 valence electrons. The molecule has 1 amide bonds. The van der Waals surface area contributed by atoms with Crippen molar-refractivity contribution in [3.05, 3.63) is 16.8 Å². The van der Waals surface area contributed by atoms with Crippen LogP contribution in [0, 0.1) is 0 Å². The molecule has 0 aromatic carbocycles. The number of nitrogens with zero attached hydrogens (tertiary/aromatic N) is 2. The van der Waals surface area contributed by atoms with Crippen LogP contribution in [-0.2, 0) is 17.6 Å². The van der Waals surface area contributed by atoms with Crippen LogP contribution in [-0.4, -0.2) is 28.5 Å². The molecular formula is C16H22N4OS. The van der Waals surface area contributed by atoms with E-state index in [1.807, 2.05) is 13.8 Å². The summed E-state index contributed by atoms with van der Waals surface area (Å²) in [5.74, 6) is 0.790. The first kappa shape index (κ1) is 15.2. The van der Waals surface area contributed by atoms with Gasteiger partial charge >= 0.3 is 0 Å². The molecular weight excluding hydrogens is 296 g/mol. The maximum atomic E-state index is 12.0. The van der Waals surface area contributed by atoms with Crippen LogP contribution in [0.1, 0.15) is 43.6 Å². The summed E-state index contributed by atoms with van der Waals surface area (Å²) in [5.41, 5.74) is 1.39. The summed E-state index contributed by atoms with van der Waals surface area (Å²) in [6.45, 7) is 4.42. The molecule has 0 bridgehead atoms. The van der Waals surface area contributed by atoms with E-state index in [-0.39, 0.29) is 11.9 Å². The minimum absolute atomic E-state index is 0.00409. The Labute approximate surface area is 134 Å². The largest absolute Gasteiger partial charge is 0.358 e. The van der Waals surface area contributed by atoms with Gasteiger partial charge in [-0.3, -0.25) is 4.79 Å². The molecule has 5 nitrogen and oxygen atoms in total. The van der Waals surface area contributed by atoms with Crippen molar-refractivity contribution in [2.24, 2.45) is 0 Å². The van der Waals surface area contributed by atoms with E-state index in [0.717, 1.165) is 28.9 Å². The Hall–Kier alpha value is -1.69. The lowest BCUT2D eigenvalue weighted by molar-refractivity contribution is -0.121. The van der Waals surface area contributed by atoms with E-state index >= 15 is 0 Å². The number of nitrogens with one attached hydrogen (secondary N) is 2. The van der Waals surface area contributed by atoms with Crippen LogP contribution < -0.4 is 10.6 Å². The number of hydrogen-bond donors (Lipinski definition) is 2. The van der Waals surface area contributed by atoms with Crippen molar-refractivity contribution in [2.75, 3.05) is 11.9 Å². The molecule has 2 aromatic heterocycles. The van der Waals surface area contributed by atoms with Crippen molar-refractivity contribution in [3.63, 3.8) is 0 Å². The molecule has 2 heterocycles. The van der Waals surface area contributed by atoms with Crippen LogP contribution in [0.5, 0.6) is 0 Å². The van der Waals surface area contributed by atoms with Crippen molar-refractivity contribution in [1.29, 1.82) is 0 Å². The maximum absolute atomic E-state index is 12.0. The third-order valence-electron chi connectivity index (χ3n) is 4.10. The third kappa shape index (κ3) is 2.92. The second-order valence-electron chi connectivity index (χ2n) is 5.73. The van der Waals surface area contributed by atoms with Gasteiger partial charge in [0.1, 0.15) is 23.0 Å². The van der Waals surface area contributed by atoms with Gasteiger partial charge in [0.2, 0.25) is 5.91 Å². The summed E-state index contributed by atoms with van der Waals surface area (Å²) in [4.78, 5) is 23.3. The van der Waals surface area contributed by atoms with Crippen molar-refractivity contribution in [2.45, 2.75) is 52.0 Å². The van der Waals surface area contributed by atoms with E-state index in [4.69, 9.17) is 0 Å². The summed E-state index contributed by atoms with van der Waals surface area (Å²) >= 11 is 1.78. The fraction of sp³-hybridized carbons (Fsp3) is 0.562. The van der Waals surface area contributed by atoms with Gasteiger partial charge < -0.3 is 10.6 Å². The number of rotatable bonds is 4. The van der Waals surface area contributed by atoms with Crippen LogP contribution in [0.2, 0.25) is 0 Å². The fourth-order valence-corrected chi connectivity index (χ4v) is 4.20. The Bertz CT molecular complexity index is 682. The summed E-state index contributed by atoms with van der Waals surface area (Å²) in [6, 6.07) is -0.306. The van der Waals surface area contributed by atoms with Gasteiger partial charge in [0.25, 0.3) is 0 Å². The van der Waals surface area contributed by atoms with Crippen LogP contribution in [0.3, 0.4) is 0 Å². The van der Waals surface area contributed by atoms with Crippen molar-refractivity contribution < 1.29 is 4.79 Å². The monoisotopic (exact) mass is 318 g/mol. The van der Waals surface area contributed by atoms with Crippen molar-refractivity contribution in [3.8, 4) is 0 Å². The normalized spacial score (nSPS) is 15.9.